The van der Waals surface area contributed by atoms with Gasteiger partial charge in [0.25, 0.3) is 0 Å². The number of ether oxygens (including phenoxy) is 2. The lowest BCUT2D eigenvalue weighted by molar-refractivity contribution is 0.181. The highest BCUT2D eigenvalue weighted by Crippen LogP contribution is 2.35. The topological polar surface area (TPSA) is 55.7 Å². The largest absolute Gasteiger partial charge is 0.494 e. The van der Waals surface area contributed by atoms with Crippen molar-refractivity contribution in [3.05, 3.63) is 108 Å². The minimum atomic E-state index is -0.231. The van der Waals surface area contributed by atoms with Crippen molar-refractivity contribution in [1.82, 2.24) is 9.47 Å². The number of anilines is 1. The van der Waals surface area contributed by atoms with Crippen LogP contribution in [0.25, 0.3) is 0 Å². The Morgan fingerprint density at radius 2 is 1.68 bits per heavy atom. The van der Waals surface area contributed by atoms with Crippen LogP contribution in [0.3, 0.4) is 0 Å². The number of amides is 2. The maximum atomic E-state index is 13.4. The van der Waals surface area contributed by atoms with Crippen LogP contribution in [0.1, 0.15) is 24.2 Å². The first kappa shape index (κ1) is 21.6. The first-order chi connectivity index (χ1) is 16.7. The highest BCUT2D eigenvalue weighted by Gasteiger charge is 2.32. The van der Waals surface area contributed by atoms with Gasteiger partial charge in [-0.05, 0) is 73.2 Å². The lowest BCUT2D eigenvalue weighted by Gasteiger charge is -2.37. The SMILES string of the molecule is CCOc1ccc(NC(=O)N2CCn3cccc3[C@H]2c2cccc(Oc3ccccc3)c2)cc1. The zero-order chi connectivity index (χ0) is 23.3. The summed E-state index contributed by atoms with van der Waals surface area (Å²) in [5, 5.41) is 3.05. The average molecular weight is 454 g/mol. The van der Waals surface area contributed by atoms with Crippen LogP contribution in [-0.2, 0) is 6.54 Å². The molecule has 34 heavy (non-hydrogen) atoms. The fraction of sp³-hybridized carbons (Fsp3) is 0.179. The molecule has 172 valence electrons. The maximum absolute atomic E-state index is 13.4. The second-order valence-corrected chi connectivity index (χ2v) is 8.10. The van der Waals surface area contributed by atoms with E-state index >= 15 is 0 Å². The van der Waals surface area contributed by atoms with Crippen LogP contribution in [-0.4, -0.2) is 28.6 Å². The standard InChI is InChI=1S/C28H27N3O3/c1-2-33-23-15-13-22(14-16-23)29-28(32)31-19-18-30-17-7-12-26(30)27(31)21-8-6-11-25(20-21)34-24-9-4-3-5-10-24/h3-17,20,27H,2,18-19H2,1H3,(H,29,32)/t27-/m1/s1. The highest BCUT2D eigenvalue weighted by molar-refractivity contribution is 5.90. The zero-order valence-electron chi connectivity index (χ0n) is 19.1. The maximum Gasteiger partial charge on any atom is 0.322 e. The minimum Gasteiger partial charge on any atom is -0.494 e. The lowest BCUT2D eigenvalue weighted by Crippen LogP contribution is -2.44. The van der Waals surface area contributed by atoms with Crippen molar-refractivity contribution in [2.75, 3.05) is 18.5 Å². The number of para-hydroxylation sites is 1. The molecule has 0 bridgehead atoms. The fourth-order valence-corrected chi connectivity index (χ4v) is 4.32. The Morgan fingerprint density at radius 1 is 0.882 bits per heavy atom. The molecule has 3 aromatic carbocycles. The van der Waals surface area contributed by atoms with Gasteiger partial charge in [0.05, 0.1) is 12.6 Å². The molecule has 4 aromatic rings. The van der Waals surface area contributed by atoms with Crippen molar-refractivity contribution < 1.29 is 14.3 Å². The third-order valence-electron chi connectivity index (χ3n) is 5.87. The van der Waals surface area contributed by atoms with Gasteiger partial charge in [0, 0.05) is 30.7 Å². The second kappa shape index (κ2) is 9.75. The number of benzene rings is 3. The summed E-state index contributed by atoms with van der Waals surface area (Å²) in [5.74, 6) is 2.29. The molecule has 0 fully saturated rings. The molecule has 0 saturated carbocycles. The molecule has 6 heteroatoms. The summed E-state index contributed by atoms with van der Waals surface area (Å²) < 4.78 is 13.8. The van der Waals surface area contributed by atoms with Gasteiger partial charge < -0.3 is 24.3 Å². The van der Waals surface area contributed by atoms with Crippen molar-refractivity contribution in [3.8, 4) is 17.2 Å². The Bertz CT molecular complexity index is 1250. The van der Waals surface area contributed by atoms with E-state index < -0.39 is 0 Å². The van der Waals surface area contributed by atoms with Gasteiger partial charge in [-0.15, -0.1) is 0 Å². The van der Waals surface area contributed by atoms with Gasteiger partial charge in [-0.2, -0.15) is 0 Å². The van der Waals surface area contributed by atoms with Crippen LogP contribution in [0, 0.1) is 0 Å². The van der Waals surface area contributed by atoms with Crippen LogP contribution in [0.4, 0.5) is 10.5 Å². The van der Waals surface area contributed by atoms with Gasteiger partial charge >= 0.3 is 6.03 Å². The van der Waals surface area contributed by atoms with Gasteiger partial charge in [-0.3, -0.25) is 0 Å². The van der Waals surface area contributed by atoms with Crippen LogP contribution in [0.2, 0.25) is 0 Å². The van der Waals surface area contributed by atoms with E-state index in [1.807, 2.05) is 96.8 Å². The van der Waals surface area contributed by atoms with Crippen molar-refractivity contribution in [1.29, 1.82) is 0 Å². The number of nitrogens with zero attached hydrogens (tertiary/aromatic N) is 2. The second-order valence-electron chi connectivity index (χ2n) is 8.10. The first-order valence-corrected chi connectivity index (χ1v) is 11.5. The van der Waals surface area contributed by atoms with Gasteiger partial charge in [-0.1, -0.05) is 30.3 Å². The molecule has 6 nitrogen and oxygen atoms in total. The molecule has 5 rings (SSSR count). The van der Waals surface area contributed by atoms with Crippen molar-refractivity contribution in [3.63, 3.8) is 0 Å². The van der Waals surface area contributed by atoms with E-state index in [2.05, 4.69) is 22.1 Å². The molecule has 1 N–H and O–H groups in total. The summed E-state index contributed by atoms with van der Waals surface area (Å²) in [6.07, 6.45) is 2.06. The molecule has 0 saturated heterocycles. The molecule has 0 unspecified atom stereocenters. The molecule has 1 aliphatic rings. The Balaban J connectivity index is 1.41. The van der Waals surface area contributed by atoms with Crippen LogP contribution in [0.5, 0.6) is 17.2 Å². The van der Waals surface area contributed by atoms with Crippen LogP contribution in [0.15, 0.2) is 97.2 Å². The third-order valence-corrected chi connectivity index (χ3v) is 5.87. The Hall–Kier alpha value is -4.19. The quantitative estimate of drug-likeness (QED) is 0.372. The summed E-state index contributed by atoms with van der Waals surface area (Å²) in [5.41, 5.74) is 2.80. The molecule has 0 radical (unpaired) electrons. The van der Waals surface area contributed by atoms with E-state index in [1.54, 1.807) is 0 Å². The molecule has 1 aliphatic heterocycles. The molecule has 1 atom stereocenters. The number of hydrogen-bond donors (Lipinski definition) is 1. The fourth-order valence-electron chi connectivity index (χ4n) is 4.32. The summed E-state index contributed by atoms with van der Waals surface area (Å²) in [7, 11) is 0. The van der Waals surface area contributed by atoms with Gasteiger partial charge in [0.1, 0.15) is 17.2 Å². The molecular weight excluding hydrogens is 426 g/mol. The summed E-state index contributed by atoms with van der Waals surface area (Å²) in [4.78, 5) is 15.3. The summed E-state index contributed by atoms with van der Waals surface area (Å²) in [6.45, 7) is 3.89. The normalized spacial score (nSPS) is 14.9. The van der Waals surface area contributed by atoms with E-state index in [0.29, 0.717) is 13.2 Å². The number of fused-ring (bicyclic) bond motifs is 1. The molecule has 0 aliphatic carbocycles. The summed E-state index contributed by atoms with van der Waals surface area (Å²) in [6, 6.07) is 28.8. The number of carbonyl (C=O) groups is 1. The van der Waals surface area contributed by atoms with E-state index in [-0.39, 0.29) is 12.1 Å². The number of carbonyl (C=O) groups excluding carboxylic acids is 1. The van der Waals surface area contributed by atoms with Crippen LogP contribution >= 0.6 is 0 Å². The minimum absolute atomic E-state index is 0.143. The van der Waals surface area contributed by atoms with Gasteiger partial charge in [0.15, 0.2) is 0 Å². The summed E-state index contributed by atoms with van der Waals surface area (Å²) >= 11 is 0. The third kappa shape index (κ3) is 4.62. The smallest absolute Gasteiger partial charge is 0.322 e. The Morgan fingerprint density at radius 3 is 2.47 bits per heavy atom. The zero-order valence-corrected chi connectivity index (χ0v) is 19.1. The lowest BCUT2D eigenvalue weighted by atomic mass is 10.00. The molecule has 2 heterocycles. The number of aromatic nitrogens is 1. The predicted molar refractivity (Wildman–Crippen MR) is 133 cm³/mol. The number of urea groups is 1. The first-order valence-electron chi connectivity index (χ1n) is 11.5. The van der Waals surface area contributed by atoms with Crippen molar-refractivity contribution >= 4 is 11.7 Å². The average Bonchev–Trinajstić information content (AvgIpc) is 3.34. The van der Waals surface area contributed by atoms with Crippen LogP contribution < -0.4 is 14.8 Å². The van der Waals surface area contributed by atoms with Gasteiger partial charge in [0.2, 0.25) is 0 Å². The van der Waals surface area contributed by atoms with Crippen molar-refractivity contribution in [2.45, 2.75) is 19.5 Å². The monoisotopic (exact) mass is 453 g/mol. The molecular formula is C28H27N3O3. The van der Waals surface area contributed by atoms with E-state index in [0.717, 1.165) is 40.7 Å². The number of hydrogen-bond acceptors (Lipinski definition) is 3. The van der Waals surface area contributed by atoms with Crippen molar-refractivity contribution in [2.24, 2.45) is 0 Å². The highest BCUT2D eigenvalue weighted by atomic mass is 16.5. The number of nitrogens with one attached hydrogen (secondary N) is 1. The Kier molecular flexibility index (Phi) is 6.21. The van der Waals surface area contributed by atoms with E-state index in [1.165, 1.54) is 0 Å². The van der Waals surface area contributed by atoms with E-state index in [4.69, 9.17) is 9.47 Å². The number of rotatable bonds is 6. The molecule has 1 aromatic heterocycles. The molecule has 2 amide bonds. The van der Waals surface area contributed by atoms with Gasteiger partial charge in [-0.25, -0.2) is 4.79 Å². The predicted octanol–water partition coefficient (Wildman–Crippen LogP) is 6.32. The molecule has 0 spiro atoms. The van der Waals surface area contributed by atoms with E-state index in [9.17, 15) is 4.79 Å². The Labute approximate surface area is 199 Å².